The third-order valence-electron chi connectivity index (χ3n) is 4.91. The van der Waals surface area contributed by atoms with E-state index in [1.807, 2.05) is 61.7 Å². The van der Waals surface area contributed by atoms with Gasteiger partial charge in [0.2, 0.25) is 5.43 Å². The average Bonchev–Trinajstić information content (AvgIpc) is 2.76. The fourth-order valence-electron chi connectivity index (χ4n) is 3.25. The SMILES string of the molecule is Cc1c(OCc2ccccc2)c(=O)ccn1CCCCCCNc1ccccn1. The van der Waals surface area contributed by atoms with E-state index in [0.29, 0.717) is 12.4 Å². The molecule has 0 amide bonds. The summed E-state index contributed by atoms with van der Waals surface area (Å²) in [5.74, 6) is 1.38. The topological polar surface area (TPSA) is 56.1 Å². The maximum atomic E-state index is 12.2. The number of rotatable bonds is 11. The van der Waals surface area contributed by atoms with Crippen LogP contribution in [0.4, 0.5) is 5.82 Å². The molecule has 0 aliphatic heterocycles. The molecule has 0 atom stereocenters. The monoisotopic (exact) mass is 391 g/mol. The van der Waals surface area contributed by atoms with E-state index < -0.39 is 0 Å². The van der Waals surface area contributed by atoms with E-state index in [0.717, 1.165) is 55.8 Å². The Bertz CT molecular complexity index is 924. The second-order valence-electron chi connectivity index (χ2n) is 7.12. The van der Waals surface area contributed by atoms with Crippen LogP contribution < -0.4 is 15.5 Å². The normalized spacial score (nSPS) is 10.7. The van der Waals surface area contributed by atoms with Gasteiger partial charge in [0.05, 0.1) is 5.69 Å². The number of anilines is 1. The predicted molar refractivity (Wildman–Crippen MR) is 117 cm³/mol. The van der Waals surface area contributed by atoms with E-state index in [9.17, 15) is 4.79 Å². The van der Waals surface area contributed by atoms with Crippen LogP contribution in [0.2, 0.25) is 0 Å². The molecule has 29 heavy (non-hydrogen) atoms. The van der Waals surface area contributed by atoms with Gasteiger partial charge in [-0.25, -0.2) is 4.98 Å². The van der Waals surface area contributed by atoms with Gasteiger partial charge >= 0.3 is 0 Å². The highest BCUT2D eigenvalue weighted by Gasteiger charge is 2.09. The Morgan fingerprint density at radius 1 is 0.966 bits per heavy atom. The highest BCUT2D eigenvalue weighted by atomic mass is 16.5. The van der Waals surface area contributed by atoms with Gasteiger partial charge in [-0.05, 0) is 37.5 Å². The Morgan fingerprint density at radius 3 is 2.55 bits per heavy atom. The predicted octanol–water partition coefficient (Wildman–Crippen LogP) is 4.80. The second kappa shape index (κ2) is 11.1. The molecular weight excluding hydrogens is 362 g/mol. The lowest BCUT2D eigenvalue weighted by molar-refractivity contribution is 0.296. The standard InChI is InChI=1S/C24H29N3O2/c1-20-24(29-19-21-11-5-4-6-12-21)22(28)14-18-27(20)17-10-3-2-8-15-25-23-13-7-9-16-26-23/h4-7,9,11-14,16,18H,2-3,8,10,15,17,19H2,1H3,(H,25,26). The lowest BCUT2D eigenvalue weighted by Crippen LogP contribution is -2.15. The summed E-state index contributed by atoms with van der Waals surface area (Å²) in [7, 11) is 0. The molecule has 0 radical (unpaired) electrons. The van der Waals surface area contributed by atoms with E-state index in [-0.39, 0.29) is 5.43 Å². The molecule has 5 heteroatoms. The number of nitrogens with one attached hydrogen (secondary N) is 1. The van der Waals surface area contributed by atoms with E-state index >= 15 is 0 Å². The number of aromatic nitrogens is 2. The van der Waals surface area contributed by atoms with Crippen LogP contribution >= 0.6 is 0 Å². The molecule has 2 aromatic heterocycles. The van der Waals surface area contributed by atoms with Crippen molar-refractivity contribution in [2.75, 3.05) is 11.9 Å². The first-order valence-corrected chi connectivity index (χ1v) is 10.3. The van der Waals surface area contributed by atoms with Gasteiger partial charge in [0.1, 0.15) is 12.4 Å². The third-order valence-corrected chi connectivity index (χ3v) is 4.91. The number of unbranched alkanes of at least 4 members (excludes halogenated alkanes) is 3. The molecule has 0 spiro atoms. The summed E-state index contributed by atoms with van der Waals surface area (Å²) in [5.41, 5.74) is 1.89. The number of aryl methyl sites for hydroxylation is 1. The quantitative estimate of drug-likeness (QED) is 0.477. The number of pyridine rings is 2. The molecule has 0 bridgehead atoms. The van der Waals surface area contributed by atoms with Crippen molar-refractivity contribution in [2.45, 2.75) is 45.8 Å². The van der Waals surface area contributed by atoms with Crippen molar-refractivity contribution in [1.29, 1.82) is 0 Å². The van der Waals surface area contributed by atoms with E-state index in [1.54, 1.807) is 12.3 Å². The summed E-state index contributed by atoms with van der Waals surface area (Å²) in [6.07, 6.45) is 8.17. The minimum Gasteiger partial charge on any atom is -0.483 e. The van der Waals surface area contributed by atoms with Gasteiger partial charge in [0.15, 0.2) is 5.75 Å². The maximum Gasteiger partial charge on any atom is 0.223 e. The number of nitrogens with zero attached hydrogens (tertiary/aromatic N) is 2. The highest BCUT2D eigenvalue weighted by Crippen LogP contribution is 2.15. The van der Waals surface area contributed by atoms with Crippen molar-refractivity contribution in [3.8, 4) is 5.75 Å². The Balaban J connectivity index is 1.41. The molecule has 152 valence electrons. The maximum absolute atomic E-state index is 12.2. The molecule has 0 saturated carbocycles. The minimum absolute atomic E-state index is 0.0599. The van der Waals surface area contributed by atoms with E-state index in [2.05, 4.69) is 14.9 Å². The summed E-state index contributed by atoms with van der Waals surface area (Å²) in [6, 6.07) is 17.4. The lowest BCUT2D eigenvalue weighted by Gasteiger charge is -2.15. The van der Waals surface area contributed by atoms with Gasteiger partial charge in [0, 0.05) is 31.5 Å². The summed E-state index contributed by atoms with van der Waals surface area (Å²) in [6.45, 7) is 4.19. The summed E-state index contributed by atoms with van der Waals surface area (Å²) in [4.78, 5) is 16.5. The van der Waals surface area contributed by atoms with Crippen molar-refractivity contribution in [2.24, 2.45) is 0 Å². The van der Waals surface area contributed by atoms with Crippen LogP contribution in [0.1, 0.15) is 36.9 Å². The van der Waals surface area contributed by atoms with E-state index in [4.69, 9.17) is 4.74 Å². The van der Waals surface area contributed by atoms with Gasteiger partial charge in [-0.3, -0.25) is 4.79 Å². The molecule has 0 unspecified atom stereocenters. The van der Waals surface area contributed by atoms with E-state index in [1.165, 1.54) is 0 Å². The molecule has 1 N–H and O–H groups in total. The van der Waals surface area contributed by atoms with Gasteiger partial charge in [-0.15, -0.1) is 0 Å². The molecule has 0 saturated heterocycles. The molecule has 5 nitrogen and oxygen atoms in total. The Labute approximate surface area is 172 Å². The minimum atomic E-state index is -0.0599. The zero-order valence-electron chi connectivity index (χ0n) is 17.0. The lowest BCUT2D eigenvalue weighted by atomic mass is 10.2. The summed E-state index contributed by atoms with van der Waals surface area (Å²) >= 11 is 0. The number of hydrogen-bond acceptors (Lipinski definition) is 4. The zero-order valence-corrected chi connectivity index (χ0v) is 17.0. The van der Waals surface area contributed by atoms with Crippen LogP contribution in [0.15, 0.2) is 71.8 Å². The number of ether oxygens (including phenoxy) is 1. The summed E-state index contributed by atoms with van der Waals surface area (Å²) < 4.78 is 7.97. The van der Waals surface area contributed by atoms with Crippen molar-refractivity contribution < 1.29 is 4.74 Å². The number of benzene rings is 1. The Hall–Kier alpha value is -3.08. The van der Waals surface area contributed by atoms with Crippen molar-refractivity contribution in [3.63, 3.8) is 0 Å². The molecular formula is C24H29N3O2. The van der Waals surface area contributed by atoms with Crippen LogP contribution in [0, 0.1) is 6.92 Å². The van der Waals surface area contributed by atoms with Crippen LogP contribution in [0.5, 0.6) is 5.75 Å². The number of hydrogen-bond donors (Lipinski definition) is 1. The van der Waals surface area contributed by atoms with Gasteiger partial charge < -0.3 is 14.6 Å². The third kappa shape index (κ3) is 6.49. The van der Waals surface area contributed by atoms with Crippen LogP contribution in [-0.2, 0) is 13.2 Å². The fraction of sp³-hybridized carbons (Fsp3) is 0.333. The van der Waals surface area contributed by atoms with Crippen molar-refractivity contribution in [1.82, 2.24) is 9.55 Å². The largest absolute Gasteiger partial charge is 0.483 e. The van der Waals surface area contributed by atoms with Crippen LogP contribution in [0.3, 0.4) is 0 Å². The molecule has 0 aliphatic rings. The molecule has 3 rings (SSSR count). The first kappa shape index (κ1) is 20.6. The Kier molecular flexibility index (Phi) is 7.87. The van der Waals surface area contributed by atoms with Crippen molar-refractivity contribution in [3.05, 3.63) is 88.5 Å². The van der Waals surface area contributed by atoms with Crippen LogP contribution in [-0.4, -0.2) is 16.1 Å². The highest BCUT2D eigenvalue weighted by molar-refractivity contribution is 5.32. The second-order valence-corrected chi connectivity index (χ2v) is 7.12. The molecule has 3 aromatic rings. The molecule has 0 fully saturated rings. The first-order valence-electron chi connectivity index (χ1n) is 10.3. The fourth-order valence-corrected chi connectivity index (χ4v) is 3.25. The van der Waals surface area contributed by atoms with Gasteiger partial charge in [-0.2, -0.15) is 0 Å². The molecule has 1 aromatic carbocycles. The first-order chi connectivity index (χ1) is 14.2. The van der Waals surface area contributed by atoms with Crippen molar-refractivity contribution >= 4 is 5.82 Å². The average molecular weight is 392 g/mol. The van der Waals surface area contributed by atoms with Gasteiger partial charge in [-0.1, -0.05) is 49.2 Å². The molecule has 2 heterocycles. The molecule has 0 aliphatic carbocycles. The Morgan fingerprint density at radius 2 is 1.76 bits per heavy atom. The van der Waals surface area contributed by atoms with Gasteiger partial charge in [0.25, 0.3) is 0 Å². The summed E-state index contributed by atoms with van der Waals surface area (Å²) in [5, 5.41) is 3.34. The smallest absolute Gasteiger partial charge is 0.223 e. The van der Waals surface area contributed by atoms with Crippen LogP contribution in [0.25, 0.3) is 0 Å². The zero-order chi connectivity index (χ0) is 20.3.